The van der Waals surface area contributed by atoms with Gasteiger partial charge in [-0.1, -0.05) is 60.7 Å². The van der Waals surface area contributed by atoms with Crippen molar-refractivity contribution in [2.24, 2.45) is 0 Å². The molecule has 0 saturated carbocycles. The van der Waals surface area contributed by atoms with Gasteiger partial charge in [-0.15, -0.1) is 11.3 Å². The number of carbonyl (C=O) groups is 1. The fraction of sp³-hybridized carbons (Fsp3) is 0.304. The lowest BCUT2D eigenvalue weighted by Gasteiger charge is -2.34. The van der Waals surface area contributed by atoms with Crippen molar-refractivity contribution in [1.82, 2.24) is 20.1 Å². The van der Waals surface area contributed by atoms with E-state index in [-0.39, 0.29) is 6.03 Å². The number of amides is 2. The van der Waals surface area contributed by atoms with Crippen molar-refractivity contribution in [3.63, 3.8) is 0 Å². The van der Waals surface area contributed by atoms with Crippen molar-refractivity contribution in [2.75, 3.05) is 32.7 Å². The number of thiazole rings is 1. The highest BCUT2D eigenvalue weighted by molar-refractivity contribution is 7.13. The van der Waals surface area contributed by atoms with Crippen LogP contribution in [-0.2, 0) is 13.0 Å². The monoisotopic (exact) mass is 406 g/mol. The maximum Gasteiger partial charge on any atom is 0.317 e. The molecule has 0 spiro atoms. The predicted molar refractivity (Wildman–Crippen MR) is 118 cm³/mol. The summed E-state index contributed by atoms with van der Waals surface area (Å²) >= 11 is 1.69. The Kier molecular flexibility index (Phi) is 6.54. The summed E-state index contributed by atoms with van der Waals surface area (Å²) in [6.07, 6.45) is 0.861. The van der Waals surface area contributed by atoms with E-state index < -0.39 is 0 Å². The fourth-order valence-electron chi connectivity index (χ4n) is 3.50. The van der Waals surface area contributed by atoms with Crippen LogP contribution in [0.15, 0.2) is 66.0 Å². The van der Waals surface area contributed by atoms with Crippen molar-refractivity contribution in [3.05, 3.63) is 77.3 Å². The molecule has 0 aliphatic carbocycles. The SMILES string of the molecule is O=C(NCCc1ccccc1)N1CCN(Cc2csc(-c3ccccc3)n2)CC1. The number of piperazine rings is 1. The molecule has 1 aromatic heterocycles. The largest absolute Gasteiger partial charge is 0.338 e. The maximum absolute atomic E-state index is 12.4. The Morgan fingerprint density at radius 2 is 1.66 bits per heavy atom. The first-order valence-corrected chi connectivity index (χ1v) is 10.9. The van der Waals surface area contributed by atoms with Gasteiger partial charge in [-0.25, -0.2) is 9.78 Å². The third kappa shape index (κ3) is 5.43. The zero-order valence-corrected chi connectivity index (χ0v) is 17.3. The lowest BCUT2D eigenvalue weighted by atomic mass is 10.1. The molecule has 4 rings (SSSR count). The number of hydrogen-bond donors (Lipinski definition) is 1. The normalized spacial score (nSPS) is 14.7. The van der Waals surface area contributed by atoms with Crippen LogP contribution < -0.4 is 5.32 Å². The molecule has 3 aromatic rings. The summed E-state index contributed by atoms with van der Waals surface area (Å²) < 4.78 is 0. The van der Waals surface area contributed by atoms with Crippen LogP contribution in [0.25, 0.3) is 10.6 Å². The molecule has 29 heavy (non-hydrogen) atoms. The molecule has 1 aliphatic heterocycles. The van der Waals surface area contributed by atoms with Gasteiger partial charge in [0, 0.05) is 50.2 Å². The molecule has 2 amide bonds. The van der Waals surface area contributed by atoms with Crippen LogP contribution in [-0.4, -0.2) is 53.5 Å². The minimum atomic E-state index is 0.0422. The summed E-state index contributed by atoms with van der Waals surface area (Å²) in [5.41, 5.74) is 3.52. The standard InChI is InChI=1S/C23H26N4OS/c28-23(24-12-11-19-7-3-1-4-8-19)27-15-13-26(14-16-27)17-21-18-29-22(25-21)20-9-5-2-6-10-20/h1-10,18H,11-17H2,(H,24,28). The Labute approximate surface area is 176 Å². The number of nitrogens with one attached hydrogen (secondary N) is 1. The van der Waals surface area contributed by atoms with Crippen molar-refractivity contribution in [3.8, 4) is 10.6 Å². The number of carbonyl (C=O) groups excluding carboxylic acids is 1. The van der Waals surface area contributed by atoms with Crippen LogP contribution in [0, 0.1) is 0 Å². The lowest BCUT2D eigenvalue weighted by Crippen LogP contribution is -2.51. The molecular weight excluding hydrogens is 380 g/mol. The number of urea groups is 1. The topological polar surface area (TPSA) is 48.5 Å². The van der Waals surface area contributed by atoms with Crippen molar-refractivity contribution in [1.29, 1.82) is 0 Å². The third-order valence-corrected chi connectivity index (χ3v) is 6.09. The van der Waals surface area contributed by atoms with Crippen molar-refractivity contribution < 1.29 is 4.79 Å². The highest BCUT2D eigenvalue weighted by atomic mass is 32.1. The van der Waals surface area contributed by atoms with Crippen LogP contribution in [0.5, 0.6) is 0 Å². The van der Waals surface area contributed by atoms with Gasteiger partial charge in [-0.05, 0) is 12.0 Å². The van der Waals surface area contributed by atoms with Gasteiger partial charge >= 0.3 is 6.03 Å². The Balaban J connectivity index is 1.20. The first-order valence-electron chi connectivity index (χ1n) is 10.1. The second kappa shape index (κ2) is 9.67. The molecule has 0 atom stereocenters. The molecule has 1 aliphatic rings. The highest BCUT2D eigenvalue weighted by Crippen LogP contribution is 2.24. The summed E-state index contributed by atoms with van der Waals surface area (Å²) in [6.45, 7) is 4.78. The highest BCUT2D eigenvalue weighted by Gasteiger charge is 2.21. The van der Waals surface area contributed by atoms with Crippen LogP contribution in [0.3, 0.4) is 0 Å². The van der Waals surface area contributed by atoms with Crippen LogP contribution in [0.4, 0.5) is 4.79 Å². The van der Waals surface area contributed by atoms with Gasteiger partial charge in [0.15, 0.2) is 0 Å². The van der Waals surface area contributed by atoms with Crippen molar-refractivity contribution in [2.45, 2.75) is 13.0 Å². The van der Waals surface area contributed by atoms with E-state index in [2.05, 4.69) is 39.9 Å². The van der Waals surface area contributed by atoms with Gasteiger partial charge < -0.3 is 10.2 Å². The molecule has 0 unspecified atom stereocenters. The number of aromatic nitrogens is 1. The van der Waals surface area contributed by atoms with Crippen LogP contribution >= 0.6 is 11.3 Å². The molecular formula is C23H26N4OS. The van der Waals surface area contributed by atoms with Gasteiger partial charge in [0.1, 0.15) is 5.01 Å². The van der Waals surface area contributed by atoms with Crippen molar-refractivity contribution >= 4 is 17.4 Å². The quantitative estimate of drug-likeness (QED) is 0.676. The summed E-state index contributed by atoms with van der Waals surface area (Å²) in [6, 6.07) is 20.6. The molecule has 1 saturated heterocycles. The maximum atomic E-state index is 12.4. The zero-order chi connectivity index (χ0) is 19.9. The van der Waals surface area contributed by atoms with Gasteiger partial charge in [0.05, 0.1) is 5.69 Å². The predicted octanol–water partition coefficient (Wildman–Crippen LogP) is 3.88. The Morgan fingerprint density at radius 3 is 2.38 bits per heavy atom. The summed E-state index contributed by atoms with van der Waals surface area (Å²) in [5, 5.41) is 6.26. The lowest BCUT2D eigenvalue weighted by molar-refractivity contribution is 0.134. The molecule has 5 nitrogen and oxygen atoms in total. The molecule has 0 radical (unpaired) electrons. The minimum absolute atomic E-state index is 0.0422. The van der Waals surface area contributed by atoms with E-state index in [1.807, 2.05) is 41.3 Å². The van der Waals surface area contributed by atoms with Gasteiger partial charge in [-0.2, -0.15) is 0 Å². The number of rotatable bonds is 6. The van der Waals surface area contributed by atoms with E-state index in [1.54, 1.807) is 11.3 Å². The van der Waals surface area contributed by atoms with Gasteiger partial charge in [-0.3, -0.25) is 4.90 Å². The smallest absolute Gasteiger partial charge is 0.317 e. The first kappa shape index (κ1) is 19.6. The van der Waals surface area contributed by atoms with E-state index in [4.69, 9.17) is 4.98 Å². The summed E-state index contributed by atoms with van der Waals surface area (Å²) in [5.74, 6) is 0. The van der Waals surface area contributed by atoms with E-state index in [0.29, 0.717) is 6.54 Å². The number of nitrogens with zero attached hydrogens (tertiary/aromatic N) is 3. The Bertz CT molecular complexity index is 905. The zero-order valence-electron chi connectivity index (χ0n) is 16.5. The second-order valence-corrected chi connectivity index (χ2v) is 8.10. The van der Waals surface area contributed by atoms with Gasteiger partial charge in [0.2, 0.25) is 0 Å². The number of hydrogen-bond acceptors (Lipinski definition) is 4. The Hall–Kier alpha value is -2.70. The third-order valence-electron chi connectivity index (χ3n) is 5.15. The fourth-order valence-corrected chi connectivity index (χ4v) is 4.32. The van der Waals surface area contributed by atoms with E-state index in [0.717, 1.165) is 49.8 Å². The van der Waals surface area contributed by atoms with E-state index in [1.165, 1.54) is 11.1 Å². The van der Waals surface area contributed by atoms with E-state index >= 15 is 0 Å². The number of benzene rings is 2. The summed E-state index contributed by atoms with van der Waals surface area (Å²) in [4.78, 5) is 21.5. The van der Waals surface area contributed by atoms with E-state index in [9.17, 15) is 4.79 Å². The molecule has 150 valence electrons. The van der Waals surface area contributed by atoms with Gasteiger partial charge in [0.25, 0.3) is 0 Å². The molecule has 6 heteroatoms. The molecule has 0 bridgehead atoms. The molecule has 2 heterocycles. The minimum Gasteiger partial charge on any atom is -0.338 e. The molecule has 1 N–H and O–H groups in total. The summed E-state index contributed by atoms with van der Waals surface area (Å²) in [7, 11) is 0. The Morgan fingerprint density at radius 1 is 0.966 bits per heavy atom. The average molecular weight is 407 g/mol. The first-order chi connectivity index (χ1) is 14.3. The molecule has 1 fully saturated rings. The second-order valence-electron chi connectivity index (χ2n) is 7.24. The van der Waals surface area contributed by atoms with Crippen LogP contribution in [0.2, 0.25) is 0 Å². The van der Waals surface area contributed by atoms with Crippen LogP contribution in [0.1, 0.15) is 11.3 Å². The average Bonchev–Trinajstić information content (AvgIpc) is 3.24. The molecule has 2 aromatic carbocycles.